The molecule has 3 heterocycles. The number of hydrogen-bond donors (Lipinski definition) is 3. The molecule has 2 aromatic rings. The van der Waals surface area contributed by atoms with Crippen LogP contribution < -0.4 is 5.48 Å². The summed E-state index contributed by atoms with van der Waals surface area (Å²) in [4.78, 5) is 2.56. The van der Waals surface area contributed by atoms with E-state index in [1.54, 1.807) is 23.7 Å². The Labute approximate surface area is 182 Å². The number of sulfonamides is 1. The molecule has 0 spiro atoms. The van der Waals surface area contributed by atoms with Crippen LogP contribution in [0.1, 0.15) is 25.3 Å². The van der Waals surface area contributed by atoms with Gasteiger partial charge in [-0.05, 0) is 62.7 Å². The topological polar surface area (TPSA) is 111 Å². The fraction of sp³-hybridized carbons (Fsp3) is 0.476. The van der Waals surface area contributed by atoms with Gasteiger partial charge < -0.3 is 15.2 Å². The van der Waals surface area contributed by atoms with Crippen LogP contribution in [0.15, 0.2) is 53.2 Å². The smallest absolute Gasteiger partial charge is 0.243 e. The molecule has 168 valence electrons. The van der Waals surface area contributed by atoms with E-state index < -0.39 is 16.3 Å². The van der Waals surface area contributed by atoms with Crippen LogP contribution in [-0.4, -0.2) is 77.2 Å². The molecule has 0 radical (unpaired) electrons. The minimum absolute atomic E-state index is 0.154. The molecule has 31 heavy (non-hydrogen) atoms. The lowest BCUT2D eigenvalue weighted by Crippen LogP contribution is -2.38. The van der Waals surface area contributed by atoms with Gasteiger partial charge in [0.2, 0.25) is 10.0 Å². The molecular formula is C21H29N5O4S. The van der Waals surface area contributed by atoms with Gasteiger partial charge in [-0.1, -0.05) is 18.2 Å². The number of nitrogens with zero attached hydrogens (tertiary/aromatic N) is 4. The number of hydrogen-bond acceptors (Lipinski definition) is 7. The number of likely N-dealkylation sites (tertiary alicyclic amines) is 1. The van der Waals surface area contributed by atoms with Crippen molar-refractivity contribution in [1.82, 2.24) is 24.5 Å². The van der Waals surface area contributed by atoms with E-state index in [0.29, 0.717) is 18.0 Å². The second kappa shape index (κ2) is 9.19. The lowest BCUT2D eigenvalue weighted by atomic mass is 10.1. The van der Waals surface area contributed by atoms with Crippen LogP contribution in [0.25, 0.3) is 11.1 Å². The predicted octanol–water partition coefficient (Wildman–Crippen LogP) is 1.43. The van der Waals surface area contributed by atoms with Gasteiger partial charge in [-0.25, -0.2) is 8.42 Å². The van der Waals surface area contributed by atoms with Gasteiger partial charge >= 0.3 is 0 Å². The van der Waals surface area contributed by atoms with Gasteiger partial charge in [0.05, 0.1) is 17.1 Å². The minimum Gasteiger partial charge on any atom is -0.373 e. The van der Waals surface area contributed by atoms with Crippen LogP contribution in [0.3, 0.4) is 0 Å². The number of piperidine rings is 1. The molecule has 10 heteroatoms. The van der Waals surface area contributed by atoms with Gasteiger partial charge in [0.25, 0.3) is 0 Å². The van der Waals surface area contributed by atoms with Crippen molar-refractivity contribution in [3.63, 3.8) is 0 Å². The molecule has 1 saturated heterocycles. The molecule has 2 aliphatic heterocycles. The van der Waals surface area contributed by atoms with Crippen molar-refractivity contribution in [1.29, 1.82) is 0 Å². The summed E-state index contributed by atoms with van der Waals surface area (Å²) in [6.45, 7) is 2.53. The maximum atomic E-state index is 13.0. The van der Waals surface area contributed by atoms with Crippen molar-refractivity contribution >= 4 is 10.0 Å². The summed E-state index contributed by atoms with van der Waals surface area (Å²) in [5.74, 6) is 0. The van der Waals surface area contributed by atoms with Gasteiger partial charge in [-0.15, -0.1) is 0 Å². The predicted molar refractivity (Wildman–Crippen MR) is 116 cm³/mol. The van der Waals surface area contributed by atoms with Crippen LogP contribution in [0.4, 0.5) is 0 Å². The fourth-order valence-electron chi connectivity index (χ4n) is 4.13. The van der Waals surface area contributed by atoms with Crippen molar-refractivity contribution in [2.75, 3.05) is 33.2 Å². The van der Waals surface area contributed by atoms with Crippen molar-refractivity contribution in [3.8, 4) is 11.1 Å². The molecule has 3 N–H and O–H groups in total. The normalized spacial score (nSPS) is 20.5. The first-order valence-corrected chi connectivity index (χ1v) is 11.9. The second-order valence-corrected chi connectivity index (χ2v) is 10.1. The number of aliphatic hydroxyl groups excluding tert-OH is 1. The Balaban J connectivity index is 1.45. The zero-order valence-electron chi connectivity index (χ0n) is 17.6. The van der Waals surface area contributed by atoms with E-state index in [2.05, 4.69) is 17.0 Å². The van der Waals surface area contributed by atoms with Crippen LogP contribution in [0, 0.1) is 0 Å². The van der Waals surface area contributed by atoms with Gasteiger partial charge in [0, 0.05) is 24.8 Å². The number of rotatable bonds is 6. The summed E-state index contributed by atoms with van der Waals surface area (Å²) in [7, 11) is -1.50. The molecule has 0 saturated carbocycles. The molecule has 1 aromatic carbocycles. The Bertz CT molecular complexity index is 1030. The highest BCUT2D eigenvalue weighted by atomic mass is 32.2. The number of aliphatic hydroxyl groups is 1. The van der Waals surface area contributed by atoms with Crippen LogP contribution in [-0.2, 0) is 10.0 Å². The van der Waals surface area contributed by atoms with Crippen molar-refractivity contribution in [3.05, 3.63) is 48.3 Å². The Kier molecular flexibility index (Phi) is 6.56. The number of benzene rings is 1. The second-order valence-electron chi connectivity index (χ2n) is 8.19. The van der Waals surface area contributed by atoms with Crippen LogP contribution in [0.5, 0.6) is 0 Å². The molecule has 0 bridgehead atoms. The van der Waals surface area contributed by atoms with E-state index in [1.165, 1.54) is 4.31 Å². The summed E-state index contributed by atoms with van der Waals surface area (Å²) in [5.41, 5.74) is 4.25. The Hall–Kier alpha value is -2.08. The number of nitrogens with one attached hydrogen (secondary N) is 1. The zero-order valence-corrected chi connectivity index (χ0v) is 18.4. The number of hydroxylamine groups is 1. The third-order valence-corrected chi connectivity index (χ3v) is 8.05. The molecule has 1 unspecified atom stereocenters. The average molecular weight is 448 g/mol. The standard InChI is InChI=1S/C21H29N5O4S/c1-24-10-8-19(9-11-24)26-15-18(14-22-26)16-2-4-20(5-3-16)31(29,30)25-12-6-17(7-13-25)21(27)23-28/h2-6,14-15,19,21,23,27-28H,7-13H2,1H3. The third-order valence-electron chi connectivity index (χ3n) is 6.17. The van der Waals surface area contributed by atoms with Crippen LogP contribution >= 0.6 is 0 Å². The molecule has 9 nitrogen and oxygen atoms in total. The molecule has 1 aromatic heterocycles. The average Bonchev–Trinajstić information content (AvgIpc) is 3.29. The maximum absolute atomic E-state index is 13.0. The van der Waals surface area contributed by atoms with Crippen molar-refractivity contribution < 1.29 is 18.7 Å². The quantitative estimate of drug-likeness (QED) is 0.349. The summed E-state index contributed by atoms with van der Waals surface area (Å²) in [5, 5.41) is 23.0. The van der Waals surface area contributed by atoms with Crippen molar-refractivity contribution in [2.24, 2.45) is 0 Å². The molecule has 0 aliphatic carbocycles. The Morgan fingerprint density at radius 2 is 1.84 bits per heavy atom. The molecule has 0 amide bonds. The summed E-state index contributed by atoms with van der Waals surface area (Å²) < 4.78 is 29.3. The lowest BCUT2D eigenvalue weighted by Gasteiger charge is -2.28. The SMILES string of the molecule is CN1CCC(n2cc(-c3ccc(S(=O)(=O)N4CC=C(C(O)NO)CC4)cc3)cn2)CC1. The summed E-state index contributed by atoms with van der Waals surface area (Å²) in [6.07, 6.45) is 6.83. The van der Waals surface area contributed by atoms with Crippen LogP contribution in [0.2, 0.25) is 0 Å². The zero-order chi connectivity index (χ0) is 22.0. The van der Waals surface area contributed by atoms with Gasteiger partial charge in [-0.3, -0.25) is 4.68 Å². The van der Waals surface area contributed by atoms with E-state index in [4.69, 9.17) is 5.21 Å². The van der Waals surface area contributed by atoms with E-state index in [1.807, 2.05) is 29.2 Å². The molecule has 1 atom stereocenters. The molecule has 4 rings (SSSR count). The Morgan fingerprint density at radius 3 is 2.45 bits per heavy atom. The van der Waals surface area contributed by atoms with E-state index in [9.17, 15) is 13.5 Å². The first-order valence-electron chi connectivity index (χ1n) is 10.5. The highest BCUT2D eigenvalue weighted by molar-refractivity contribution is 7.89. The largest absolute Gasteiger partial charge is 0.373 e. The monoisotopic (exact) mass is 447 g/mol. The van der Waals surface area contributed by atoms with Gasteiger partial charge in [-0.2, -0.15) is 14.9 Å². The summed E-state index contributed by atoms with van der Waals surface area (Å²) >= 11 is 0. The first kappa shape index (κ1) is 22.1. The van der Waals surface area contributed by atoms with Gasteiger partial charge in [0.1, 0.15) is 6.23 Å². The first-order chi connectivity index (χ1) is 14.9. The maximum Gasteiger partial charge on any atom is 0.243 e. The summed E-state index contributed by atoms with van der Waals surface area (Å²) in [6, 6.07) is 7.28. The van der Waals surface area contributed by atoms with E-state index in [0.717, 1.165) is 37.1 Å². The fourth-order valence-corrected chi connectivity index (χ4v) is 5.51. The third kappa shape index (κ3) is 4.74. The molecular weight excluding hydrogens is 418 g/mol. The molecule has 1 fully saturated rings. The lowest BCUT2D eigenvalue weighted by molar-refractivity contribution is 0.0217. The van der Waals surface area contributed by atoms with E-state index >= 15 is 0 Å². The van der Waals surface area contributed by atoms with E-state index in [-0.39, 0.29) is 18.0 Å². The minimum atomic E-state index is -3.64. The highest BCUT2D eigenvalue weighted by Crippen LogP contribution is 2.27. The molecule has 2 aliphatic rings. The van der Waals surface area contributed by atoms with Crippen molar-refractivity contribution in [2.45, 2.75) is 36.4 Å². The van der Waals surface area contributed by atoms with Gasteiger partial charge in [0.15, 0.2) is 0 Å². The Morgan fingerprint density at radius 1 is 1.13 bits per heavy atom. The number of aromatic nitrogens is 2. The highest BCUT2D eigenvalue weighted by Gasteiger charge is 2.27.